The topological polar surface area (TPSA) is 39.7 Å². The van der Waals surface area contributed by atoms with Crippen LogP contribution in [0, 0.1) is 0 Å². The largest absolute Gasteiger partial charge is 0.493 e. The Morgan fingerprint density at radius 1 is 1.30 bits per heavy atom. The molecule has 0 fully saturated rings. The van der Waals surface area contributed by atoms with Crippen LogP contribution in [0.5, 0.6) is 11.5 Å². The van der Waals surface area contributed by atoms with Gasteiger partial charge in [0.05, 0.1) is 13.2 Å². The fourth-order valence-electron chi connectivity index (χ4n) is 1.84. The van der Waals surface area contributed by atoms with E-state index < -0.39 is 6.61 Å². The number of benzene rings is 1. The van der Waals surface area contributed by atoms with Crippen LogP contribution in [-0.2, 0) is 11.3 Å². The maximum absolute atomic E-state index is 12.4. The van der Waals surface area contributed by atoms with Crippen LogP contribution in [0.1, 0.15) is 19.4 Å². The average Bonchev–Trinajstić information content (AvgIpc) is 2.40. The number of hydrogen-bond donors (Lipinski definition) is 1. The minimum Gasteiger partial charge on any atom is -0.493 e. The molecule has 1 aromatic carbocycles. The highest BCUT2D eigenvalue weighted by Crippen LogP contribution is 2.32. The normalized spacial score (nSPS) is 12.5. The van der Waals surface area contributed by atoms with Crippen molar-refractivity contribution in [2.45, 2.75) is 33.1 Å². The fourth-order valence-corrected chi connectivity index (χ4v) is 1.84. The molecule has 6 heteroatoms. The van der Waals surface area contributed by atoms with Crippen LogP contribution >= 0.6 is 0 Å². The molecule has 0 aliphatic rings. The van der Waals surface area contributed by atoms with Gasteiger partial charge in [-0.3, -0.25) is 0 Å². The van der Waals surface area contributed by atoms with Crippen molar-refractivity contribution in [3.8, 4) is 11.5 Å². The lowest BCUT2D eigenvalue weighted by Gasteiger charge is -2.16. The van der Waals surface area contributed by atoms with Crippen LogP contribution in [0.4, 0.5) is 8.78 Å². The van der Waals surface area contributed by atoms with Gasteiger partial charge in [-0.05, 0) is 19.9 Å². The summed E-state index contributed by atoms with van der Waals surface area (Å²) in [5, 5.41) is 3.15. The number of hydrogen-bond acceptors (Lipinski definition) is 4. The third kappa shape index (κ3) is 5.30. The standard InChI is InChI=1S/C14H21F2NO3/c1-4-19-10(2)8-17-9-11-6-5-7-12(18-3)13(11)20-14(15)16/h5-7,10,14,17H,4,8-9H2,1-3H3. The highest BCUT2D eigenvalue weighted by Gasteiger charge is 2.15. The third-order valence-electron chi connectivity index (χ3n) is 2.69. The van der Waals surface area contributed by atoms with Gasteiger partial charge < -0.3 is 19.5 Å². The monoisotopic (exact) mass is 289 g/mol. The third-order valence-corrected chi connectivity index (χ3v) is 2.69. The summed E-state index contributed by atoms with van der Waals surface area (Å²) in [7, 11) is 1.42. The van der Waals surface area contributed by atoms with Gasteiger partial charge >= 0.3 is 6.61 Å². The zero-order valence-electron chi connectivity index (χ0n) is 12.0. The maximum Gasteiger partial charge on any atom is 0.387 e. The van der Waals surface area contributed by atoms with Gasteiger partial charge in [-0.25, -0.2) is 0 Å². The molecule has 0 aliphatic heterocycles. The van der Waals surface area contributed by atoms with Gasteiger partial charge in [0.1, 0.15) is 0 Å². The van der Waals surface area contributed by atoms with Gasteiger partial charge in [-0.2, -0.15) is 8.78 Å². The molecular formula is C14H21F2NO3. The van der Waals surface area contributed by atoms with Crippen molar-refractivity contribution in [1.29, 1.82) is 0 Å². The summed E-state index contributed by atoms with van der Waals surface area (Å²) in [6, 6.07) is 5.04. The molecule has 0 heterocycles. The molecule has 0 aromatic heterocycles. The molecule has 1 N–H and O–H groups in total. The molecule has 4 nitrogen and oxygen atoms in total. The molecule has 1 unspecified atom stereocenters. The SMILES string of the molecule is CCOC(C)CNCc1cccc(OC)c1OC(F)F. The predicted octanol–water partition coefficient (Wildman–Crippen LogP) is 2.81. The Bertz CT molecular complexity index is 402. The molecule has 20 heavy (non-hydrogen) atoms. The Balaban J connectivity index is 2.68. The van der Waals surface area contributed by atoms with Crippen molar-refractivity contribution in [3.05, 3.63) is 23.8 Å². The average molecular weight is 289 g/mol. The van der Waals surface area contributed by atoms with E-state index in [1.165, 1.54) is 7.11 Å². The van der Waals surface area contributed by atoms with Gasteiger partial charge in [0, 0.05) is 25.3 Å². The molecule has 0 spiro atoms. The summed E-state index contributed by atoms with van der Waals surface area (Å²) in [5.41, 5.74) is 0.619. The van der Waals surface area contributed by atoms with Crippen molar-refractivity contribution >= 4 is 0 Å². The number of alkyl halides is 2. The van der Waals surface area contributed by atoms with E-state index in [-0.39, 0.29) is 11.9 Å². The number of nitrogens with one attached hydrogen (secondary N) is 1. The van der Waals surface area contributed by atoms with E-state index in [2.05, 4.69) is 10.1 Å². The smallest absolute Gasteiger partial charge is 0.387 e. The van der Waals surface area contributed by atoms with E-state index in [0.29, 0.717) is 31.0 Å². The lowest BCUT2D eigenvalue weighted by Crippen LogP contribution is -2.26. The van der Waals surface area contributed by atoms with Crippen LogP contribution in [0.3, 0.4) is 0 Å². The van der Waals surface area contributed by atoms with E-state index in [9.17, 15) is 8.78 Å². The molecule has 0 amide bonds. The Morgan fingerprint density at radius 2 is 2.05 bits per heavy atom. The highest BCUT2D eigenvalue weighted by molar-refractivity contribution is 5.46. The Labute approximate surface area is 118 Å². The van der Waals surface area contributed by atoms with Gasteiger partial charge in [0.25, 0.3) is 0 Å². The Morgan fingerprint density at radius 3 is 2.65 bits per heavy atom. The molecule has 0 saturated carbocycles. The molecule has 1 aromatic rings. The molecule has 0 bridgehead atoms. The second-order valence-electron chi connectivity index (χ2n) is 4.22. The summed E-state index contributed by atoms with van der Waals surface area (Å²) in [5.74, 6) is 0.365. The van der Waals surface area contributed by atoms with E-state index in [1.54, 1.807) is 18.2 Å². The first-order valence-electron chi connectivity index (χ1n) is 6.51. The van der Waals surface area contributed by atoms with Crippen LogP contribution in [-0.4, -0.2) is 33.0 Å². The number of ether oxygens (including phenoxy) is 3. The second-order valence-corrected chi connectivity index (χ2v) is 4.22. The molecule has 114 valence electrons. The second kappa shape index (κ2) is 8.71. The predicted molar refractivity (Wildman–Crippen MR) is 72.4 cm³/mol. The maximum atomic E-state index is 12.4. The van der Waals surface area contributed by atoms with Crippen LogP contribution in [0.25, 0.3) is 0 Å². The van der Waals surface area contributed by atoms with Crippen LogP contribution in [0.2, 0.25) is 0 Å². The van der Waals surface area contributed by atoms with Gasteiger partial charge in [-0.1, -0.05) is 12.1 Å². The van der Waals surface area contributed by atoms with Gasteiger partial charge in [0.2, 0.25) is 0 Å². The van der Waals surface area contributed by atoms with E-state index >= 15 is 0 Å². The quantitative estimate of drug-likeness (QED) is 0.759. The first-order valence-corrected chi connectivity index (χ1v) is 6.51. The minimum atomic E-state index is -2.88. The fraction of sp³-hybridized carbons (Fsp3) is 0.571. The number of halogens is 2. The van der Waals surface area contributed by atoms with Gasteiger partial charge in [0.15, 0.2) is 11.5 Å². The highest BCUT2D eigenvalue weighted by atomic mass is 19.3. The van der Waals surface area contributed by atoms with E-state index in [0.717, 1.165) is 0 Å². The summed E-state index contributed by atoms with van der Waals surface area (Å²) in [4.78, 5) is 0. The zero-order chi connectivity index (χ0) is 15.0. The van der Waals surface area contributed by atoms with Crippen molar-refractivity contribution in [2.24, 2.45) is 0 Å². The zero-order valence-corrected chi connectivity index (χ0v) is 12.0. The van der Waals surface area contributed by atoms with Crippen LogP contribution in [0.15, 0.2) is 18.2 Å². The summed E-state index contributed by atoms with van der Waals surface area (Å²) >= 11 is 0. The first-order chi connectivity index (χ1) is 9.58. The van der Waals surface area contributed by atoms with Crippen molar-refractivity contribution in [3.63, 3.8) is 0 Å². The Hall–Kier alpha value is -1.40. The van der Waals surface area contributed by atoms with Gasteiger partial charge in [-0.15, -0.1) is 0 Å². The minimum absolute atomic E-state index is 0.0603. The molecular weight excluding hydrogens is 268 g/mol. The summed E-state index contributed by atoms with van der Waals surface area (Å²) in [6.45, 7) is 2.65. The molecule has 0 aliphatic carbocycles. The molecule has 1 rings (SSSR count). The molecule has 0 radical (unpaired) electrons. The summed E-state index contributed by atoms with van der Waals surface area (Å²) in [6.07, 6.45) is 0.0603. The number of rotatable bonds is 9. The number of para-hydroxylation sites is 1. The van der Waals surface area contributed by atoms with Crippen molar-refractivity contribution in [1.82, 2.24) is 5.32 Å². The van der Waals surface area contributed by atoms with Crippen molar-refractivity contribution < 1.29 is 23.0 Å². The Kier molecular flexibility index (Phi) is 7.25. The van der Waals surface area contributed by atoms with Crippen LogP contribution < -0.4 is 14.8 Å². The number of methoxy groups -OCH3 is 1. The molecule has 1 atom stereocenters. The van der Waals surface area contributed by atoms with Crippen molar-refractivity contribution in [2.75, 3.05) is 20.3 Å². The lowest BCUT2D eigenvalue weighted by molar-refractivity contribution is -0.0519. The first kappa shape index (κ1) is 16.7. The van der Waals surface area contributed by atoms with E-state index in [4.69, 9.17) is 9.47 Å². The lowest BCUT2D eigenvalue weighted by atomic mass is 10.2. The van der Waals surface area contributed by atoms with E-state index in [1.807, 2.05) is 13.8 Å². The molecule has 0 saturated heterocycles. The summed E-state index contributed by atoms with van der Waals surface area (Å²) < 4.78 is 39.9.